The summed E-state index contributed by atoms with van der Waals surface area (Å²) in [5.41, 5.74) is 9.50. The van der Waals surface area contributed by atoms with Gasteiger partial charge in [-0.05, 0) is 131 Å². The van der Waals surface area contributed by atoms with E-state index in [1.807, 2.05) is 178 Å². The van der Waals surface area contributed by atoms with Gasteiger partial charge in [-0.2, -0.15) is 0 Å². The molecule has 0 spiro atoms. The Morgan fingerprint density at radius 2 is 0.802 bits per heavy atom. The van der Waals surface area contributed by atoms with Crippen molar-refractivity contribution in [3.8, 4) is 34.5 Å². The molecule has 9 aromatic rings. The zero-order valence-corrected chi connectivity index (χ0v) is 54.6. The van der Waals surface area contributed by atoms with E-state index in [1.165, 1.54) is 10.5 Å². The number of hydrogen-bond acceptors (Lipinski definition) is 15. The number of benzene rings is 6. The third kappa shape index (κ3) is 20.2. The molecular formula is C76H81N9O11. The molecule has 3 aliphatic rings. The summed E-state index contributed by atoms with van der Waals surface area (Å²) < 4.78 is 28.2. The number of hydrogen-bond donors (Lipinski definition) is 5. The summed E-state index contributed by atoms with van der Waals surface area (Å²) in [7, 11) is 0. The van der Waals surface area contributed by atoms with Crippen molar-refractivity contribution in [1.29, 1.82) is 0 Å². The topological polar surface area (TPSA) is 259 Å². The standard InChI is InChI=1S/C27H29N3O4.C22H21N3O2.C16H21NO4.C11H10N2O/c1-27(2,3)34-26(32)30-17-21(19-10-5-4-6-11-19)22(18-30)25(31)29-23-13-7-8-14-24(23)33-20-12-9-15-28-16-20;26-22(19-15-24-14-18(19)16-7-2-1-3-8-16)25-20-10-4-5-11-21(20)27-17-9-6-12-23-13-17;1-16(2,3)21-15(20)17-9-12(13(10-17)14(18)19)11-7-5-4-6-8-11;12-10-5-1-2-6-11(10)14-9-4-3-7-13-8-9/h4-16,21-22H,17-18H2,1-3H3,(H,29,31);1-13,18-19,24H,14-15H2,(H,25,26);4-8,12-13H,9-10H2,1-3H3,(H,18,19);1-8H,12H2/t21-,22+;18-,19+;12-,13+;/m000./s1. The first-order valence-corrected chi connectivity index (χ1v) is 31.7. The predicted molar refractivity (Wildman–Crippen MR) is 368 cm³/mol. The first-order chi connectivity index (χ1) is 46.2. The molecule has 3 fully saturated rings. The normalized spacial score (nSPS) is 17.9. The van der Waals surface area contributed by atoms with Crippen LogP contribution in [0, 0.1) is 17.8 Å². The van der Waals surface area contributed by atoms with Gasteiger partial charge in [0, 0.05) is 75.6 Å². The largest absolute Gasteiger partial charge is 0.481 e. The van der Waals surface area contributed by atoms with Crippen LogP contribution in [0.15, 0.2) is 237 Å². The Hall–Kier alpha value is -11.1. The molecule has 20 nitrogen and oxygen atoms in total. The van der Waals surface area contributed by atoms with Crippen molar-refractivity contribution in [2.75, 3.05) is 55.6 Å². The maximum atomic E-state index is 13.5. The molecule has 12 rings (SSSR count). The van der Waals surface area contributed by atoms with E-state index in [4.69, 9.17) is 29.4 Å². The van der Waals surface area contributed by atoms with Crippen molar-refractivity contribution in [1.82, 2.24) is 30.1 Å². The Balaban J connectivity index is 0.000000157. The molecule has 6 N–H and O–H groups in total. The number of carboxylic acid groups (broad SMARTS) is 1. The summed E-state index contributed by atoms with van der Waals surface area (Å²) in [6, 6.07) is 62.4. The predicted octanol–water partition coefficient (Wildman–Crippen LogP) is 14.5. The summed E-state index contributed by atoms with van der Waals surface area (Å²) in [5, 5.41) is 18.8. The Kier molecular flexibility index (Phi) is 23.9. The van der Waals surface area contributed by atoms with Gasteiger partial charge in [0.15, 0.2) is 11.5 Å². The second-order valence-electron chi connectivity index (χ2n) is 25.0. The monoisotopic (exact) mass is 1300 g/mol. The number of rotatable bonds is 14. The number of carbonyl (C=O) groups excluding carboxylic acids is 4. The third-order valence-corrected chi connectivity index (χ3v) is 15.6. The van der Waals surface area contributed by atoms with Crippen molar-refractivity contribution in [2.24, 2.45) is 17.8 Å². The molecule has 0 aliphatic carbocycles. The van der Waals surface area contributed by atoms with Crippen LogP contribution in [0.25, 0.3) is 0 Å². The quantitative estimate of drug-likeness (QED) is 0.0634. The molecule has 0 bridgehead atoms. The summed E-state index contributed by atoms with van der Waals surface area (Å²) >= 11 is 0. The van der Waals surface area contributed by atoms with Crippen LogP contribution in [0.4, 0.5) is 26.7 Å². The van der Waals surface area contributed by atoms with Crippen LogP contribution in [-0.4, -0.2) is 110 Å². The van der Waals surface area contributed by atoms with Crippen molar-refractivity contribution in [3.05, 3.63) is 254 Å². The molecule has 3 aliphatic heterocycles. The van der Waals surface area contributed by atoms with Crippen LogP contribution in [0.1, 0.15) is 76.0 Å². The van der Waals surface area contributed by atoms with Gasteiger partial charge in [0.05, 0.1) is 53.4 Å². The smallest absolute Gasteiger partial charge is 0.410 e. The van der Waals surface area contributed by atoms with Crippen molar-refractivity contribution in [2.45, 2.75) is 70.5 Å². The lowest BCUT2D eigenvalue weighted by Crippen LogP contribution is -2.36. The fourth-order valence-electron chi connectivity index (χ4n) is 11.1. The van der Waals surface area contributed by atoms with Gasteiger partial charge in [-0.25, -0.2) is 9.59 Å². The molecule has 0 saturated carbocycles. The number of amides is 4. The number of ether oxygens (including phenoxy) is 5. The van der Waals surface area contributed by atoms with Crippen LogP contribution in [0.5, 0.6) is 34.5 Å². The van der Waals surface area contributed by atoms with E-state index in [-0.39, 0.29) is 48.6 Å². The number of carboxylic acids is 1. The Morgan fingerprint density at radius 1 is 0.438 bits per heavy atom. The van der Waals surface area contributed by atoms with E-state index >= 15 is 0 Å². The Labute approximate surface area is 559 Å². The van der Waals surface area contributed by atoms with E-state index < -0.39 is 41.2 Å². The molecule has 3 saturated heterocycles. The Morgan fingerprint density at radius 3 is 1.21 bits per heavy atom. The summed E-state index contributed by atoms with van der Waals surface area (Å²) in [6.07, 6.45) is 9.09. The highest BCUT2D eigenvalue weighted by Crippen LogP contribution is 2.38. The molecule has 0 radical (unpaired) electrons. The number of pyridine rings is 3. The molecule has 96 heavy (non-hydrogen) atoms. The van der Waals surface area contributed by atoms with Gasteiger partial charge >= 0.3 is 18.2 Å². The van der Waals surface area contributed by atoms with Crippen LogP contribution in [0.2, 0.25) is 0 Å². The fraction of sp³-hybridized carbons (Fsp3) is 0.263. The summed E-state index contributed by atoms with van der Waals surface area (Å²) in [6.45, 7) is 13.6. The van der Waals surface area contributed by atoms with E-state index in [1.54, 1.807) is 93.2 Å². The van der Waals surface area contributed by atoms with Gasteiger partial charge in [0.2, 0.25) is 11.8 Å². The minimum atomic E-state index is -0.880. The minimum Gasteiger partial charge on any atom is -0.481 e. The molecule has 0 unspecified atom stereocenters. The number of nitrogens with one attached hydrogen (secondary N) is 3. The minimum absolute atomic E-state index is 0.00362. The molecule has 6 aromatic carbocycles. The molecule has 4 amide bonds. The Bertz CT molecular complexity index is 3960. The molecule has 3 aromatic heterocycles. The maximum absolute atomic E-state index is 13.5. The molecule has 6 heterocycles. The number of nitrogens with zero attached hydrogens (tertiary/aromatic N) is 5. The first kappa shape index (κ1) is 69.2. The van der Waals surface area contributed by atoms with Gasteiger partial charge in [-0.1, -0.05) is 127 Å². The zero-order valence-electron chi connectivity index (χ0n) is 54.6. The van der Waals surface area contributed by atoms with Crippen LogP contribution in [0.3, 0.4) is 0 Å². The summed E-state index contributed by atoms with van der Waals surface area (Å²) in [4.78, 5) is 78.0. The van der Waals surface area contributed by atoms with Crippen LogP contribution >= 0.6 is 0 Å². The number of aromatic nitrogens is 3. The number of carbonyl (C=O) groups is 5. The summed E-state index contributed by atoms with van der Waals surface area (Å²) in [5.74, 6) is 1.24. The average molecular weight is 1300 g/mol. The van der Waals surface area contributed by atoms with Crippen molar-refractivity contribution < 1.29 is 52.8 Å². The molecule has 6 atom stereocenters. The number of anilines is 3. The zero-order chi connectivity index (χ0) is 68.0. The fourth-order valence-corrected chi connectivity index (χ4v) is 11.1. The highest BCUT2D eigenvalue weighted by atomic mass is 16.6. The number of likely N-dealkylation sites (tertiary alicyclic amines) is 2. The molecule has 20 heteroatoms. The van der Waals surface area contributed by atoms with Gasteiger partial charge in [-0.15, -0.1) is 0 Å². The van der Waals surface area contributed by atoms with E-state index in [0.29, 0.717) is 71.2 Å². The highest BCUT2D eigenvalue weighted by molar-refractivity contribution is 5.96. The van der Waals surface area contributed by atoms with Gasteiger partial charge in [0.25, 0.3) is 0 Å². The third-order valence-electron chi connectivity index (χ3n) is 15.6. The number of para-hydroxylation sites is 6. The number of nitrogen functional groups attached to an aromatic ring is 1. The molecule has 496 valence electrons. The van der Waals surface area contributed by atoms with Gasteiger partial charge in [-0.3, -0.25) is 29.3 Å². The van der Waals surface area contributed by atoms with Gasteiger partial charge in [0.1, 0.15) is 34.2 Å². The highest BCUT2D eigenvalue weighted by Gasteiger charge is 2.43. The van der Waals surface area contributed by atoms with E-state index in [2.05, 4.69) is 43.0 Å². The average Bonchev–Trinajstić information content (AvgIpc) is 1.70. The number of aliphatic carboxylic acids is 1. The second-order valence-corrected chi connectivity index (χ2v) is 25.0. The van der Waals surface area contributed by atoms with Crippen molar-refractivity contribution >= 4 is 47.0 Å². The molecular weight excluding hydrogens is 1210 g/mol. The lowest BCUT2D eigenvalue weighted by molar-refractivity contribution is -0.141. The van der Waals surface area contributed by atoms with Gasteiger partial charge < -0.3 is 60.3 Å². The van der Waals surface area contributed by atoms with E-state index in [9.17, 15) is 29.1 Å². The maximum Gasteiger partial charge on any atom is 0.410 e. The van der Waals surface area contributed by atoms with Crippen molar-refractivity contribution in [3.63, 3.8) is 0 Å². The SMILES string of the molecule is CC(C)(C)OC(=O)N1C[C@@H](C(=O)Nc2ccccc2Oc2cccnc2)[C@H](c2ccccc2)C1.CC(C)(C)OC(=O)N1C[C@@H](C(=O)O)[C@H](c2ccccc2)C1.Nc1ccccc1Oc1cccnc1.O=C(Nc1ccccc1Oc1cccnc1)[C@@H]1CNC[C@H]1c1ccccc1. The first-order valence-electron chi connectivity index (χ1n) is 31.7. The second kappa shape index (κ2) is 33.1. The van der Waals surface area contributed by atoms with E-state index in [0.717, 1.165) is 17.7 Å². The lowest BCUT2D eigenvalue weighted by Gasteiger charge is -2.24. The van der Waals surface area contributed by atoms with Crippen LogP contribution in [-0.2, 0) is 23.9 Å². The number of nitrogens with two attached hydrogens (primary N) is 1. The van der Waals surface area contributed by atoms with Crippen LogP contribution < -0.4 is 35.9 Å². The lowest BCUT2D eigenvalue weighted by atomic mass is 9.88.